The first-order valence-electron chi connectivity index (χ1n) is 7.28. The van der Waals surface area contributed by atoms with E-state index in [4.69, 9.17) is 0 Å². The molecule has 21 heavy (non-hydrogen) atoms. The van der Waals surface area contributed by atoms with Gasteiger partial charge in [0.2, 0.25) is 5.91 Å². The van der Waals surface area contributed by atoms with Crippen LogP contribution in [0.1, 0.15) is 31.9 Å². The topological polar surface area (TPSA) is 69.6 Å². The average molecular weight is 290 g/mol. The molecule has 1 amide bonds. The van der Waals surface area contributed by atoms with E-state index in [-0.39, 0.29) is 17.9 Å². The lowest BCUT2D eigenvalue weighted by molar-refractivity contribution is -0.144. The highest BCUT2D eigenvalue weighted by Gasteiger charge is 2.41. The standard InChI is InChI=1S/C16H22N2O3/c1-11(13-6-4-3-5-7-13)18-9-8-14(10-17-12(2)19)15(18)16(20)21/h3-7,11,14-15H,8-10H2,1-2H3,(H,17,19)(H,20,21)/t11-,14-,15-/m0/s1. The zero-order valence-electron chi connectivity index (χ0n) is 12.5. The number of rotatable bonds is 5. The Hall–Kier alpha value is -1.88. The van der Waals surface area contributed by atoms with E-state index >= 15 is 0 Å². The fourth-order valence-electron chi connectivity index (χ4n) is 3.07. The number of carbonyl (C=O) groups is 2. The molecule has 5 nitrogen and oxygen atoms in total. The lowest BCUT2D eigenvalue weighted by Gasteiger charge is -2.30. The molecule has 1 heterocycles. The first-order valence-corrected chi connectivity index (χ1v) is 7.28. The molecular formula is C16H22N2O3. The molecule has 1 aromatic carbocycles. The smallest absolute Gasteiger partial charge is 0.321 e. The maximum Gasteiger partial charge on any atom is 0.321 e. The van der Waals surface area contributed by atoms with E-state index in [2.05, 4.69) is 5.32 Å². The zero-order valence-corrected chi connectivity index (χ0v) is 12.5. The molecule has 1 saturated heterocycles. The van der Waals surface area contributed by atoms with Gasteiger partial charge in [0, 0.05) is 32.0 Å². The SMILES string of the molecule is CC(=O)NC[C@@H]1CCN([C@@H](C)c2ccccc2)[C@@H]1C(=O)O. The molecule has 0 spiro atoms. The maximum absolute atomic E-state index is 11.6. The number of benzene rings is 1. The number of likely N-dealkylation sites (tertiary alicyclic amines) is 1. The van der Waals surface area contributed by atoms with Crippen LogP contribution in [0, 0.1) is 5.92 Å². The Morgan fingerprint density at radius 2 is 2.05 bits per heavy atom. The number of nitrogens with one attached hydrogen (secondary N) is 1. The Balaban J connectivity index is 2.12. The summed E-state index contributed by atoms with van der Waals surface area (Å²) in [5.74, 6) is -0.975. The van der Waals surface area contributed by atoms with Crippen molar-refractivity contribution in [3.05, 3.63) is 35.9 Å². The second-order valence-corrected chi connectivity index (χ2v) is 5.59. The third-order valence-corrected chi connectivity index (χ3v) is 4.21. The van der Waals surface area contributed by atoms with Crippen molar-refractivity contribution < 1.29 is 14.7 Å². The molecule has 0 bridgehead atoms. The molecular weight excluding hydrogens is 268 g/mol. The van der Waals surface area contributed by atoms with Crippen LogP contribution in [0.15, 0.2) is 30.3 Å². The van der Waals surface area contributed by atoms with Gasteiger partial charge in [-0.3, -0.25) is 14.5 Å². The molecule has 3 atom stereocenters. The van der Waals surface area contributed by atoms with Gasteiger partial charge < -0.3 is 10.4 Å². The monoisotopic (exact) mass is 290 g/mol. The molecule has 5 heteroatoms. The molecule has 1 aliphatic heterocycles. The van der Waals surface area contributed by atoms with Crippen molar-refractivity contribution in [2.75, 3.05) is 13.1 Å². The van der Waals surface area contributed by atoms with Crippen LogP contribution in [0.2, 0.25) is 0 Å². The number of nitrogens with zero attached hydrogens (tertiary/aromatic N) is 1. The second-order valence-electron chi connectivity index (χ2n) is 5.59. The van der Waals surface area contributed by atoms with Crippen LogP contribution < -0.4 is 5.32 Å². The Morgan fingerprint density at radius 3 is 2.62 bits per heavy atom. The summed E-state index contributed by atoms with van der Waals surface area (Å²) in [4.78, 5) is 24.7. The van der Waals surface area contributed by atoms with Crippen molar-refractivity contribution in [1.29, 1.82) is 0 Å². The van der Waals surface area contributed by atoms with Crippen LogP contribution in [-0.4, -0.2) is 41.0 Å². The van der Waals surface area contributed by atoms with Crippen molar-refractivity contribution >= 4 is 11.9 Å². The Morgan fingerprint density at radius 1 is 1.38 bits per heavy atom. The van der Waals surface area contributed by atoms with E-state index in [9.17, 15) is 14.7 Å². The molecule has 114 valence electrons. The molecule has 0 radical (unpaired) electrons. The first-order chi connectivity index (χ1) is 10.0. The van der Waals surface area contributed by atoms with E-state index in [0.29, 0.717) is 6.54 Å². The quantitative estimate of drug-likeness (QED) is 0.865. The van der Waals surface area contributed by atoms with E-state index in [0.717, 1.165) is 18.5 Å². The van der Waals surface area contributed by atoms with Crippen LogP contribution in [0.4, 0.5) is 0 Å². The van der Waals surface area contributed by atoms with Crippen molar-refractivity contribution in [2.24, 2.45) is 5.92 Å². The van der Waals surface area contributed by atoms with Crippen LogP contribution in [0.3, 0.4) is 0 Å². The summed E-state index contributed by atoms with van der Waals surface area (Å²) in [6, 6.07) is 9.42. The molecule has 0 saturated carbocycles. The van der Waals surface area contributed by atoms with Crippen molar-refractivity contribution in [3.63, 3.8) is 0 Å². The Bertz CT molecular complexity index is 504. The summed E-state index contributed by atoms with van der Waals surface area (Å²) in [5, 5.41) is 12.3. The summed E-state index contributed by atoms with van der Waals surface area (Å²) in [7, 11) is 0. The molecule has 1 aliphatic rings. The number of carboxylic acids is 1. The highest BCUT2D eigenvalue weighted by atomic mass is 16.4. The van der Waals surface area contributed by atoms with Crippen molar-refractivity contribution in [2.45, 2.75) is 32.4 Å². The average Bonchev–Trinajstić information content (AvgIpc) is 2.89. The molecule has 2 rings (SSSR count). The van der Waals surface area contributed by atoms with Gasteiger partial charge in [0.1, 0.15) is 6.04 Å². The van der Waals surface area contributed by atoms with Crippen LogP contribution in [0.5, 0.6) is 0 Å². The number of carbonyl (C=O) groups excluding carboxylic acids is 1. The van der Waals surface area contributed by atoms with Crippen molar-refractivity contribution in [1.82, 2.24) is 10.2 Å². The predicted octanol–water partition coefficient (Wildman–Crippen LogP) is 1.66. The third kappa shape index (κ3) is 3.61. The molecule has 0 aliphatic carbocycles. The van der Waals surface area contributed by atoms with E-state index in [1.165, 1.54) is 6.92 Å². The molecule has 1 fully saturated rings. The highest BCUT2D eigenvalue weighted by molar-refractivity contribution is 5.75. The number of carboxylic acid groups (broad SMARTS) is 1. The summed E-state index contributed by atoms with van der Waals surface area (Å²) in [6.45, 7) is 4.64. The fraction of sp³-hybridized carbons (Fsp3) is 0.500. The van der Waals surface area contributed by atoms with Crippen molar-refractivity contribution in [3.8, 4) is 0 Å². The minimum Gasteiger partial charge on any atom is -0.480 e. The van der Waals surface area contributed by atoms with Gasteiger partial charge in [0.15, 0.2) is 0 Å². The van der Waals surface area contributed by atoms with Gasteiger partial charge in [0.25, 0.3) is 0 Å². The van der Waals surface area contributed by atoms with Gasteiger partial charge in [-0.15, -0.1) is 0 Å². The summed E-state index contributed by atoms with van der Waals surface area (Å²) < 4.78 is 0. The number of hydrogen-bond acceptors (Lipinski definition) is 3. The summed E-state index contributed by atoms with van der Waals surface area (Å²) >= 11 is 0. The normalized spacial score (nSPS) is 23.7. The molecule has 1 aromatic rings. The van der Waals surface area contributed by atoms with Crippen LogP contribution in [0.25, 0.3) is 0 Å². The summed E-state index contributed by atoms with van der Waals surface area (Å²) in [6.07, 6.45) is 0.786. The minimum atomic E-state index is -0.814. The molecule has 0 aromatic heterocycles. The van der Waals surface area contributed by atoms with Crippen LogP contribution >= 0.6 is 0 Å². The lowest BCUT2D eigenvalue weighted by Crippen LogP contribution is -2.44. The molecule has 2 N–H and O–H groups in total. The lowest BCUT2D eigenvalue weighted by atomic mass is 9.99. The number of aliphatic carboxylic acids is 1. The number of hydrogen-bond donors (Lipinski definition) is 2. The number of amides is 1. The minimum absolute atomic E-state index is 0.0439. The molecule has 0 unspecified atom stereocenters. The van der Waals surface area contributed by atoms with E-state index < -0.39 is 12.0 Å². The summed E-state index contributed by atoms with van der Waals surface area (Å²) in [5.41, 5.74) is 1.11. The van der Waals surface area contributed by atoms with Gasteiger partial charge in [-0.25, -0.2) is 0 Å². The predicted molar refractivity (Wildman–Crippen MR) is 79.8 cm³/mol. The first kappa shape index (κ1) is 15.5. The zero-order chi connectivity index (χ0) is 15.4. The maximum atomic E-state index is 11.6. The third-order valence-electron chi connectivity index (χ3n) is 4.21. The second kappa shape index (κ2) is 6.72. The Labute approximate surface area is 125 Å². The highest BCUT2D eigenvalue weighted by Crippen LogP contribution is 2.32. The van der Waals surface area contributed by atoms with Gasteiger partial charge in [-0.1, -0.05) is 30.3 Å². The Kier molecular flexibility index (Phi) is 4.96. The fourth-order valence-corrected chi connectivity index (χ4v) is 3.07. The largest absolute Gasteiger partial charge is 0.480 e. The van der Waals surface area contributed by atoms with E-state index in [1.807, 2.05) is 42.2 Å². The van der Waals surface area contributed by atoms with E-state index in [1.54, 1.807) is 0 Å². The van der Waals surface area contributed by atoms with Crippen LogP contribution in [-0.2, 0) is 9.59 Å². The van der Waals surface area contributed by atoms with Gasteiger partial charge >= 0.3 is 5.97 Å². The van der Waals surface area contributed by atoms with Gasteiger partial charge in [0.05, 0.1) is 0 Å². The van der Waals surface area contributed by atoms with Gasteiger partial charge in [-0.2, -0.15) is 0 Å². The van der Waals surface area contributed by atoms with Gasteiger partial charge in [-0.05, 0) is 18.9 Å².